The molecule has 0 unspecified atom stereocenters. The molecule has 0 spiro atoms. The summed E-state index contributed by atoms with van der Waals surface area (Å²) in [5, 5.41) is 17.2. The van der Waals surface area contributed by atoms with Gasteiger partial charge in [0.2, 0.25) is 0 Å². The zero-order valence-electron chi connectivity index (χ0n) is 18.6. The van der Waals surface area contributed by atoms with E-state index in [0.717, 1.165) is 36.1 Å². The number of carbonyl (C=O) groups is 1. The monoisotopic (exact) mass is 432 g/mol. The summed E-state index contributed by atoms with van der Waals surface area (Å²) in [6.45, 7) is 5.33. The number of aryl methyl sites for hydroxylation is 1. The van der Waals surface area contributed by atoms with Gasteiger partial charge in [-0.2, -0.15) is 20.1 Å². The lowest BCUT2D eigenvalue weighted by Gasteiger charge is -2.34. The standard InChI is InChI=1S/C21H22N8O.C2H6/c1-27-18-8-9-22-20(17(18)13-25-27)26-15-5-4-12-28(14-15)21(30)16-6-2-3-7-19(16)29-23-10-11-24-29;1-2/h2-3,6-11,13,15H,4-5,12,14H2,1H3,(H,22,26);1-2H3/t15-;/m1./s1. The highest BCUT2D eigenvalue weighted by Crippen LogP contribution is 2.24. The molecular weight excluding hydrogens is 404 g/mol. The Balaban J connectivity index is 0.00000119. The predicted molar refractivity (Wildman–Crippen MR) is 124 cm³/mol. The number of benzene rings is 1. The molecule has 9 nitrogen and oxygen atoms in total. The Morgan fingerprint density at radius 1 is 1.06 bits per heavy atom. The fraction of sp³-hybridized carbons (Fsp3) is 0.348. The van der Waals surface area contributed by atoms with E-state index < -0.39 is 0 Å². The van der Waals surface area contributed by atoms with Gasteiger partial charge in [-0.1, -0.05) is 26.0 Å². The maximum atomic E-state index is 13.3. The second-order valence-electron chi connectivity index (χ2n) is 7.43. The minimum absolute atomic E-state index is 0.0121. The minimum atomic E-state index is -0.0121. The van der Waals surface area contributed by atoms with E-state index >= 15 is 0 Å². The Morgan fingerprint density at radius 3 is 2.66 bits per heavy atom. The first-order valence-electron chi connectivity index (χ1n) is 11.0. The summed E-state index contributed by atoms with van der Waals surface area (Å²) in [4.78, 5) is 21.2. The largest absolute Gasteiger partial charge is 0.365 e. The summed E-state index contributed by atoms with van der Waals surface area (Å²) >= 11 is 0. The molecule has 0 aliphatic carbocycles. The number of likely N-dealkylation sites (tertiary alicyclic amines) is 1. The Morgan fingerprint density at radius 2 is 1.84 bits per heavy atom. The average Bonchev–Trinajstić information content (AvgIpc) is 3.51. The third kappa shape index (κ3) is 4.18. The number of amides is 1. The normalized spacial score (nSPS) is 15.8. The number of aromatic nitrogens is 6. The lowest BCUT2D eigenvalue weighted by Crippen LogP contribution is -2.45. The third-order valence-electron chi connectivity index (χ3n) is 5.49. The summed E-state index contributed by atoms with van der Waals surface area (Å²) in [7, 11) is 1.92. The lowest BCUT2D eigenvalue weighted by molar-refractivity contribution is 0.0714. The molecule has 1 fully saturated rings. The molecule has 1 N–H and O–H groups in total. The molecule has 1 aliphatic rings. The van der Waals surface area contributed by atoms with Crippen LogP contribution >= 0.6 is 0 Å². The van der Waals surface area contributed by atoms with Crippen LogP contribution in [0.15, 0.2) is 55.1 Å². The molecule has 4 aromatic rings. The second-order valence-corrected chi connectivity index (χ2v) is 7.43. The molecule has 1 aromatic carbocycles. The Bertz CT molecular complexity index is 1180. The van der Waals surface area contributed by atoms with Gasteiger partial charge in [0, 0.05) is 32.4 Å². The van der Waals surface area contributed by atoms with Crippen LogP contribution in [0.5, 0.6) is 0 Å². The first-order chi connectivity index (χ1) is 15.7. The third-order valence-corrected chi connectivity index (χ3v) is 5.49. The molecule has 1 aliphatic heterocycles. The molecule has 3 aromatic heterocycles. The molecule has 0 bridgehead atoms. The van der Waals surface area contributed by atoms with Gasteiger partial charge in [0.15, 0.2) is 0 Å². The number of fused-ring (bicyclic) bond motifs is 1. The van der Waals surface area contributed by atoms with Crippen LogP contribution in [-0.4, -0.2) is 59.7 Å². The maximum Gasteiger partial charge on any atom is 0.256 e. The first-order valence-corrected chi connectivity index (χ1v) is 11.0. The van der Waals surface area contributed by atoms with E-state index in [2.05, 4.69) is 25.6 Å². The lowest BCUT2D eigenvalue weighted by atomic mass is 10.0. The number of anilines is 1. The summed E-state index contributed by atoms with van der Waals surface area (Å²) in [6, 6.07) is 9.51. The average molecular weight is 433 g/mol. The van der Waals surface area contributed by atoms with Gasteiger partial charge >= 0.3 is 0 Å². The van der Waals surface area contributed by atoms with Gasteiger partial charge in [-0.05, 0) is 31.0 Å². The summed E-state index contributed by atoms with van der Waals surface area (Å²) in [6.07, 6.45) is 8.72. The van der Waals surface area contributed by atoms with E-state index in [9.17, 15) is 4.79 Å². The van der Waals surface area contributed by atoms with Gasteiger partial charge in [0.1, 0.15) is 5.82 Å². The Labute approximate surface area is 187 Å². The number of para-hydroxylation sites is 1. The van der Waals surface area contributed by atoms with Gasteiger partial charge in [-0.25, -0.2) is 4.98 Å². The molecule has 1 amide bonds. The smallest absolute Gasteiger partial charge is 0.256 e. The summed E-state index contributed by atoms with van der Waals surface area (Å²) < 4.78 is 1.83. The van der Waals surface area contributed by atoms with E-state index in [0.29, 0.717) is 17.8 Å². The number of hydrogen-bond acceptors (Lipinski definition) is 6. The van der Waals surface area contributed by atoms with Crippen LogP contribution in [0.4, 0.5) is 5.82 Å². The van der Waals surface area contributed by atoms with E-state index in [-0.39, 0.29) is 11.9 Å². The van der Waals surface area contributed by atoms with Gasteiger partial charge in [0.05, 0.1) is 40.7 Å². The molecule has 1 saturated heterocycles. The fourth-order valence-electron chi connectivity index (χ4n) is 4.01. The molecule has 0 radical (unpaired) electrons. The molecular formula is C23H28N8O. The van der Waals surface area contributed by atoms with Crippen molar-refractivity contribution >= 4 is 22.6 Å². The summed E-state index contributed by atoms with van der Waals surface area (Å²) in [5.74, 6) is 0.794. The van der Waals surface area contributed by atoms with Gasteiger partial charge in [-0.15, -0.1) is 0 Å². The van der Waals surface area contributed by atoms with Crippen molar-refractivity contribution in [3.63, 3.8) is 0 Å². The molecule has 166 valence electrons. The molecule has 5 rings (SSSR count). The van der Waals surface area contributed by atoms with Crippen molar-refractivity contribution in [3.8, 4) is 5.69 Å². The van der Waals surface area contributed by atoms with Crippen LogP contribution in [0.3, 0.4) is 0 Å². The molecule has 32 heavy (non-hydrogen) atoms. The number of pyridine rings is 1. The molecule has 9 heteroatoms. The second kappa shape index (κ2) is 9.59. The van der Waals surface area contributed by atoms with Crippen molar-refractivity contribution in [2.45, 2.75) is 32.7 Å². The quantitative estimate of drug-likeness (QED) is 0.532. The number of hydrogen-bond donors (Lipinski definition) is 1. The molecule has 1 atom stereocenters. The van der Waals surface area contributed by atoms with Crippen molar-refractivity contribution in [3.05, 3.63) is 60.7 Å². The van der Waals surface area contributed by atoms with Gasteiger partial charge in [0.25, 0.3) is 5.91 Å². The van der Waals surface area contributed by atoms with Gasteiger partial charge in [-0.3, -0.25) is 9.48 Å². The van der Waals surface area contributed by atoms with Crippen molar-refractivity contribution in [1.82, 2.24) is 34.7 Å². The van der Waals surface area contributed by atoms with Crippen LogP contribution < -0.4 is 5.32 Å². The SMILES string of the molecule is CC.Cn1ncc2c(N[C@@H]3CCCN(C(=O)c4ccccc4-n4nccn4)C3)nccc21. The van der Waals surface area contributed by atoms with Gasteiger partial charge < -0.3 is 10.2 Å². The van der Waals surface area contributed by atoms with Crippen LogP contribution in [0.25, 0.3) is 16.6 Å². The fourth-order valence-corrected chi connectivity index (χ4v) is 4.01. The highest BCUT2D eigenvalue weighted by molar-refractivity contribution is 5.98. The number of piperidine rings is 1. The van der Waals surface area contributed by atoms with E-state index in [1.54, 1.807) is 18.6 Å². The van der Waals surface area contributed by atoms with Crippen LogP contribution in [-0.2, 0) is 7.05 Å². The van der Waals surface area contributed by atoms with Crippen molar-refractivity contribution < 1.29 is 4.79 Å². The van der Waals surface area contributed by atoms with Crippen LogP contribution in [0, 0.1) is 0 Å². The highest BCUT2D eigenvalue weighted by Gasteiger charge is 2.27. The topological polar surface area (TPSA) is 93.8 Å². The highest BCUT2D eigenvalue weighted by atomic mass is 16.2. The number of nitrogens with one attached hydrogen (secondary N) is 1. The number of carbonyl (C=O) groups excluding carboxylic acids is 1. The zero-order valence-corrected chi connectivity index (χ0v) is 18.6. The zero-order chi connectivity index (χ0) is 22.5. The number of rotatable bonds is 4. The first kappa shape index (κ1) is 21.5. The molecule has 0 saturated carbocycles. The van der Waals surface area contributed by atoms with Crippen molar-refractivity contribution in [2.24, 2.45) is 7.05 Å². The Hall–Kier alpha value is -3.75. The van der Waals surface area contributed by atoms with E-state index in [1.807, 2.05) is 67.0 Å². The van der Waals surface area contributed by atoms with E-state index in [1.165, 1.54) is 4.80 Å². The Kier molecular flexibility index (Phi) is 6.44. The maximum absolute atomic E-state index is 13.3. The minimum Gasteiger partial charge on any atom is -0.365 e. The molecule has 4 heterocycles. The van der Waals surface area contributed by atoms with Crippen molar-refractivity contribution in [1.29, 1.82) is 0 Å². The van der Waals surface area contributed by atoms with Crippen LogP contribution in [0.2, 0.25) is 0 Å². The van der Waals surface area contributed by atoms with E-state index in [4.69, 9.17) is 0 Å². The predicted octanol–water partition coefficient (Wildman–Crippen LogP) is 3.29. The van der Waals surface area contributed by atoms with Crippen LogP contribution in [0.1, 0.15) is 37.0 Å². The van der Waals surface area contributed by atoms with Crippen molar-refractivity contribution in [2.75, 3.05) is 18.4 Å². The number of nitrogens with zero attached hydrogens (tertiary/aromatic N) is 7. The summed E-state index contributed by atoms with van der Waals surface area (Å²) in [5.41, 5.74) is 2.31.